The van der Waals surface area contributed by atoms with Crippen molar-refractivity contribution in [2.45, 2.75) is 6.92 Å². The molecule has 3 aromatic rings. The molecule has 0 aliphatic rings. The summed E-state index contributed by atoms with van der Waals surface area (Å²) in [6.07, 6.45) is 0. The standard InChI is InChI=1S/C18H13FO2/c1-12-5-4-6-13(9-12)17-10-14(20)11-18(21-17)15-7-2-3-8-16(15)19/h2-11H,1H3. The summed E-state index contributed by atoms with van der Waals surface area (Å²) in [4.78, 5) is 11.9. The minimum absolute atomic E-state index is 0.212. The fraction of sp³-hybridized carbons (Fsp3) is 0.0556. The van der Waals surface area contributed by atoms with Gasteiger partial charge in [-0.3, -0.25) is 4.79 Å². The largest absolute Gasteiger partial charge is 0.456 e. The molecule has 1 aromatic heterocycles. The van der Waals surface area contributed by atoms with Gasteiger partial charge in [0.15, 0.2) is 5.43 Å². The average Bonchev–Trinajstić information content (AvgIpc) is 2.47. The lowest BCUT2D eigenvalue weighted by Crippen LogP contribution is -1.99. The molecule has 2 aromatic carbocycles. The van der Waals surface area contributed by atoms with Crippen LogP contribution in [0.25, 0.3) is 22.6 Å². The number of rotatable bonds is 2. The zero-order valence-corrected chi connectivity index (χ0v) is 11.5. The van der Waals surface area contributed by atoms with Crippen molar-refractivity contribution in [1.29, 1.82) is 0 Å². The van der Waals surface area contributed by atoms with Crippen LogP contribution >= 0.6 is 0 Å². The summed E-state index contributed by atoms with van der Waals surface area (Å²) in [5.74, 6) is 0.253. The van der Waals surface area contributed by atoms with Gasteiger partial charge in [-0.1, -0.05) is 35.9 Å². The third kappa shape index (κ3) is 2.77. The topological polar surface area (TPSA) is 30.2 Å². The van der Waals surface area contributed by atoms with Gasteiger partial charge in [0.1, 0.15) is 17.3 Å². The van der Waals surface area contributed by atoms with Crippen LogP contribution < -0.4 is 5.43 Å². The SMILES string of the molecule is Cc1cccc(-c2cc(=O)cc(-c3ccccc3F)o2)c1. The van der Waals surface area contributed by atoms with Gasteiger partial charge in [-0.25, -0.2) is 4.39 Å². The van der Waals surface area contributed by atoms with E-state index in [1.165, 1.54) is 18.2 Å². The molecule has 1 heterocycles. The van der Waals surface area contributed by atoms with E-state index in [9.17, 15) is 9.18 Å². The van der Waals surface area contributed by atoms with Crippen LogP contribution in [0.4, 0.5) is 4.39 Å². The molecule has 0 radical (unpaired) electrons. The van der Waals surface area contributed by atoms with E-state index in [-0.39, 0.29) is 16.8 Å². The molecule has 3 heteroatoms. The molecule has 0 amide bonds. The Morgan fingerprint density at radius 2 is 1.67 bits per heavy atom. The van der Waals surface area contributed by atoms with Crippen molar-refractivity contribution in [2.75, 3.05) is 0 Å². The third-order valence-corrected chi connectivity index (χ3v) is 3.21. The van der Waals surface area contributed by atoms with E-state index < -0.39 is 5.82 Å². The fourth-order valence-corrected chi connectivity index (χ4v) is 2.21. The van der Waals surface area contributed by atoms with Crippen LogP contribution in [-0.4, -0.2) is 0 Å². The molecule has 0 saturated heterocycles. The summed E-state index contributed by atoms with van der Waals surface area (Å²) in [5.41, 5.74) is 1.93. The summed E-state index contributed by atoms with van der Waals surface area (Å²) in [7, 11) is 0. The number of halogens is 1. The predicted molar refractivity (Wildman–Crippen MR) is 80.5 cm³/mol. The number of hydrogen-bond acceptors (Lipinski definition) is 2. The summed E-state index contributed by atoms with van der Waals surface area (Å²) < 4.78 is 19.6. The summed E-state index contributed by atoms with van der Waals surface area (Å²) in [6.45, 7) is 1.96. The highest BCUT2D eigenvalue weighted by molar-refractivity contribution is 5.63. The first-order valence-electron chi connectivity index (χ1n) is 6.60. The monoisotopic (exact) mass is 280 g/mol. The van der Waals surface area contributed by atoms with Gasteiger partial charge < -0.3 is 4.42 Å². The van der Waals surface area contributed by atoms with E-state index in [0.717, 1.165) is 11.1 Å². The Labute approximate surface area is 121 Å². The van der Waals surface area contributed by atoms with Crippen LogP contribution in [0, 0.1) is 12.7 Å². The van der Waals surface area contributed by atoms with Crippen LogP contribution in [0.3, 0.4) is 0 Å². The van der Waals surface area contributed by atoms with Gasteiger partial charge in [0.25, 0.3) is 0 Å². The lowest BCUT2D eigenvalue weighted by molar-refractivity contribution is 0.567. The van der Waals surface area contributed by atoms with Gasteiger partial charge in [-0.2, -0.15) is 0 Å². The molecule has 0 fully saturated rings. The lowest BCUT2D eigenvalue weighted by atomic mass is 10.1. The van der Waals surface area contributed by atoms with Gasteiger partial charge in [0.05, 0.1) is 5.56 Å². The molecule has 0 N–H and O–H groups in total. The van der Waals surface area contributed by atoms with E-state index in [0.29, 0.717) is 5.76 Å². The van der Waals surface area contributed by atoms with Crippen molar-refractivity contribution in [3.63, 3.8) is 0 Å². The Balaban J connectivity index is 2.18. The van der Waals surface area contributed by atoms with E-state index in [2.05, 4.69) is 0 Å². The second-order valence-electron chi connectivity index (χ2n) is 4.87. The number of benzene rings is 2. The maximum atomic E-state index is 13.8. The van der Waals surface area contributed by atoms with Gasteiger partial charge in [-0.05, 0) is 25.1 Å². The summed E-state index contributed by atoms with van der Waals surface area (Å²) in [5, 5.41) is 0. The molecule has 0 aliphatic carbocycles. The van der Waals surface area contributed by atoms with E-state index >= 15 is 0 Å². The third-order valence-electron chi connectivity index (χ3n) is 3.21. The molecule has 0 saturated carbocycles. The minimum atomic E-state index is -0.415. The Morgan fingerprint density at radius 1 is 0.905 bits per heavy atom. The smallest absolute Gasteiger partial charge is 0.186 e. The van der Waals surface area contributed by atoms with Gasteiger partial charge in [-0.15, -0.1) is 0 Å². The predicted octanol–water partition coefficient (Wildman–Crippen LogP) is 4.42. The summed E-state index contributed by atoms with van der Waals surface area (Å²) in [6, 6.07) is 16.6. The van der Waals surface area contributed by atoms with Gasteiger partial charge >= 0.3 is 0 Å². The van der Waals surface area contributed by atoms with Crippen LogP contribution in [0.5, 0.6) is 0 Å². The van der Waals surface area contributed by atoms with Gasteiger partial charge in [0.2, 0.25) is 0 Å². The number of aryl methyl sites for hydroxylation is 1. The highest BCUT2D eigenvalue weighted by Crippen LogP contribution is 2.26. The molecule has 21 heavy (non-hydrogen) atoms. The molecule has 0 unspecified atom stereocenters. The van der Waals surface area contributed by atoms with Crippen LogP contribution in [0.2, 0.25) is 0 Å². The Bertz CT molecular complexity index is 850. The van der Waals surface area contributed by atoms with Crippen molar-refractivity contribution in [1.82, 2.24) is 0 Å². The van der Waals surface area contributed by atoms with E-state index in [1.807, 2.05) is 31.2 Å². The highest BCUT2D eigenvalue weighted by Gasteiger charge is 2.10. The highest BCUT2D eigenvalue weighted by atomic mass is 19.1. The Morgan fingerprint density at radius 3 is 2.43 bits per heavy atom. The second-order valence-corrected chi connectivity index (χ2v) is 4.87. The summed E-state index contributed by atoms with van der Waals surface area (Å²) >= 11 is 0. The minimum Gasteiger partial charge on any atom is -0.456 e. The van der Waals surface area contributed by atoms with Crippen molar-refractivity contribution >= 4 is 0 Å². The van der Waals surface area contributed by atoms with Crippen LogP contribution in [-0.2, 0) is 0 Å². The van der Waals surface area contributed by atoms with E-state index in [4.69, 9.17) is 4.42 Å². The van der Waals surface area contributed by atoms with Crippen molar-refractivity contribution in [2.24, 2.45) is 0 Å². The first-order chi connectivity index (χ1) is 10.1. The zero-order valence-electron chi connectivity index (χ0n) is 11.5. The first-order valence-corrected chi connectivity index (χ1v) is 6.60. The van der Waals surface area contributed by atoms with Crippen LogP contribution in [0.1, 0.15) is 5.56 Å². The number of hydrogen-bond donors (Lipinski definition) is 0. The average molecular weight is 280 g/mol. The maximum absolute atomic E-state index is 13.8. The normalized spacial score (nSPS) is 10.6. The Kier molecular flexibility index (Phi) is 3.40. The van der Waals surface area contributed by atoms with Crippen molar-refractivity contribution in [3.05, 3.63) is 82.3 Å². The lowest BCUT2D eigenvalue weighted by Gasteiger charge is -2.06. The molecule has 0 atom stereocenters. The molecular weight excluding hydrogens is 267 g/mol. The molecule has 0 bridgehead atoms. The molecular formula is C18H13FO2. The second kappa shape index (κ2) is 5.37. The van der Waals surface area contributed by atoms with Crippen molar-refractivity contribution in [3.8, 4) is 22.6 Å². The molecule has 0 aliphatic heterocycles. The zero-order chi connectivity index (χ0) is 14.8. The van der Waals surface area contributed by atoms with Crippen LogP contribution in [0.15, 0.2) is 69.9 Å². The molecule has 3 rings (SSSR count). The quantitative estimate of drug-likeness (QED) is 0.695. The fourth-order valence-electron chi connectivity index (χ4n) is 2.21. The maximum Gasteiger partial charge on any atom is 0.186 e. The van der Waals surface area contributed by atoms with E-state index in [1.54, 1.807) is 18.2 Å². The molecule has 2 nitrogen and oxygen atoms in total. The van der Waals surface area contributed by atoms with Gasteiger partial charge in [0, 0.05) is 17.7 Å². The molecule has 0 spiro atoms. The first kappa shape index (κ1) is 13.3. The Hall–Kier alpha value is -2.68. The van der Waals surface area contributed by atoms with Crippen molar-refractivity contribution < 1.29 is 8.81 Å². The molecule has 104 valence electrons.